The van der Waals surface area contributed by atoms with Crippen molar-refractivity contribution in [2.75, 3.05) is 0 Å². The molecular formula is C16H15N3O. The van der Waals surface area contributed by atoms with Gasteiger partial charge in [-0.15, -0.1) is 0 Å². The van der Waals surface area contributed by atoms with Gasteiger partial charge in [0.1, 0.15) is 11.6 Å². The van der Waals surface area contributed by atoms with Crippen LogP contribution in [0.5, 0.6) is 0 Å². The van der Waals surface area contributed by atoms with Crippen molar-refractivity contribution in [3.63, 3.8) is 0 Å². The summed E-state index contributed by atoms with van der Waals surface area (Å²) in [4.78, 5) is 4.70. The number of rotatable bonds is 3. The second-order valence-corrected chi connectivity index (χ2v) is 4.79. The molecule has 3 aromatic rings. The van der Waals surface area contributed by atoms with E-state index >= 15 is 0 Å². The molecule has 0 bridgehead atoms. The van der Waals surface area contributed by atoms with E-state index in [1.54, 1.807) is 6.26 Å². The number of benzene rings is 1. The molecule has 1 aromatic carbocycles. The smallest absolute Gasteiger partial charge is 0.144 e. The van der Waals surface area contributed by atoms with Gasteiger partial charge in [0.2, 0.25) is 0 Å². The molecule has 2 aromatic heterocycles. The van der Waals surface area contributed by atoms with Gasteiger partial charge in [0.15, 0.2) is 0 Å². The number of hydrogen-bond donors (Lipinski definition) is 0. The number of aryl methyl sites for hydroxylation is 2. The topological polar surface area (TPSA) is 54.8 Å². The lowest BCUT2D eigenvalue weighted by Crippen LogP contribution is -1.99. The first-order valence-corrected chi connectivity index (χ1v) is 6.69. The number of fused-ring (bicyclic) bond motifs is 1. The average molecular weight is 265 g/mol. The maximum Gasteiger partial charge on any atom is 0.144 e. The Labute approximate surface area is 117 Å². The third kappa shape index (κ3) is 1.88. The average Bonchev–Trinajstić information content (AvgIpc) is 3.02. The second-order valence-electron chi connectivity index (χ2n) is 4.79. The number of furan rings is 1. The van der Waals surface area contributed by atoms with Crippen LogP contribution in [0, 0.1) is 18.3 Å². The molecule has 0 saturated carbocycles. The summed E-state index contributed by atoms with van der Waals surface area (Å²) in [7, 11) is 0. The molecule has 0 saturated heterocycles. The van der Waals surface area contributed by atoms with Crippen LogP contribution in [0.15, 0.2) is 34.9 Å². The van der Waals surface area contributed by atoms with E-state index in [4.69, 9.17) is 14.7 Å². The van der Waals surface area contributed by atoms with Crippen molar-refractivity contribution in [3.8, 4) is 17.5 Å². The monoisotopic (exact) mass is 265 g/mol. The van der Waals surface area contributed by atoms with Crippen molar-refractivity contribution in [2.45, 2.75) is 26.8 Å². The lowest BCUT2D eigenvalue weighted by Gasteiger charge is -2.06. The zero-order valence-electron chi connectivity index (χ0n) is 11.6. The molecule has 0 radical (unpaired) electrons. The maximum absolute atomic E-state index is 9.01. The highest BCUT2D eigenvalue weighted by molar-refractivity contribution is 5.82. The third-order valence-corrected chi connectivity index (χ3v) is 3.42. The summed E-state index contributed by atoms with van der Waals surface area (Å²) in [6.07, 6.45) is 2.70. The first kappa shape index (κ1) is 12.5. The van der Waals surface area contributed by atoms with Gasteiger partial charge in [-0.05, 0) is 37.6 Å². The Kier molecular flexibility index (Phi) is 3.03. The molecule has 0 spiro atoms. The molecule has 0 fully saturated rings. The molecule has 3 rings (SSSR count). The predicted octanol–water partition coefficient (Wildman–Crippen LogP) is 3.89. The summed E-state index contributed by atoms with van der Waals surface area (Å²) in [5.74, 6) is 1.77. The standard InChI is InChI=1S/C16H15N3O/c1-3-7-19-15-5-4-12(10-17)9-14(15)18-16(19)13-6-8-20-11(13)2/h4-6,8-9H,3,7H2,1-2H3. The number of hydrogen-bond acceptors (Lipinski definition) is 3. The largest absolute Gasteiger partial charge is 0.469 e. The van der Waals surface area contributed by atoms with Gasteiger partial charge in [0.25, 0.3) is 0 Å². The zero-order chi connectivity index (χ0) is 14.1. The van der Waals surface area contributed by atoms with Crippen molar-refractivity contribution in [1.82, 2.24) is 9.55 Å². The van der Waals surface area contributed by atoms with Crippen LogP contribution in [0.4, 0.5) is 0 Å². The van der Waals surface area contributed by atoms with Crippen LogP contribution >= 0.6 is 0 Å². The molecule has 100 valence electrons. The molecule has 0 unspecified atom stereocenters. The van der Waals surface area contributed by atoms with E-state index in [9.17, 15) is 0 Å². The Morgan fingerprint density at radius 2 is 2.20 bits per heavy atom. The molecule has 20 heavy (non-hydrogen) atoms. The molecule has 4 heteroatoms. The summed E-state index contributed by atoms with van der Waals surface area (Å²) in [5.41, 5.74) is 3.55. The van der Waals surface area contributed by atoms with Gasteiger partial charge in [0, 0.05) is 6.54 Å². The normalized spacial score (nSPS) is 10.8. The Hall–Kier alpha value is -2.54. The van der Waals surface area contributed by atoms with Gasteiger partial charge >= 0.3 is 0 Å². The lowest BCUT2D eigenvalue weighted by molar-refractivity contribution is 0.534. The van der Waals surface area contributed by atoms with Crippen LogP contribution in [0.2, 0.25) is 0 Å². The van der Waals surface area contributed by atoms with Crippen molar-refractivity contribution in [1.29, 1.82) is 5.26 Å². The minimum absolute atomic E-state index is 0.633. The van der Waals surface area contributed by atoms with Gasteiger partial charge in [0.05, 0.1) is 34.5 Å². The van der Waals surface area contributed by atoms with Gasteiger partial charge in [-0.25, -0.2) is 4.98 Å². The highest BCUT2D eigenvalue weighted by Crippen LogP contribution is 2.28. The van der Waals surface area contributed by atoms with Crippen LogP contribution < -0.4 is 0 Å². The zero-order valence-corrected chi connectivity index (χ0v) is 11.6. The van der Waals surface area contributed by atoms with Crippen LogP contribution in [-0.2, 0) is 6.54 Å². The van der Waals surface area contributed by atoms with Gasteiger partial charge in [-0.3, -0.25) is 0 Å². The first-order valence-electron chi connectivity index (χ1n) is 6.69. The number of nitriles is 1. The third-order valence-electron chi connectivity index (χ3n) is 3.42. The molecule has 0 atom stereocenters. The Morgan fingerprint density at radius 3 is 2.85 bits per heavy atom. The fraction of sp³-hybridized carbons (Fsp3) is 0.250. The molecule has 0 aliphatic rings. The highest BCUT2D eigenvalue weighted by Gasteiger charge is 2.15. The van der Waals surface area contributed by atoms with Crippen LogP contribution in [0.1, 0.15) is 24.7 Å². The van der Waals surface area contributed by atoms with Gasteiger partial charge in [-0.1, -0.05) is 6.92 Å². The quantitative estimate of drug-likeness (QED) is 0.722. The van der Waals surface area contributed by atoms with E-state index in [0.29, 0.717) is 5.56 Å². The summed E-state index contributed by atoms with van der Waals surface area (Å²) >= 11 is 0. The molecule has 2 heterocycles. The van der Waals surface area contributed by atoms with Gasteiger partial charge in [-0.2, -0.15) is 5.26 Å². The lowest BCUT2D eigenvalue weighted by atomic mass is 10.2. The number of aromatic nitrogens is 2. The summed E-state index contributed by atoms with van der Waals surface area (Å²) in [6, 6.07) is 9.73. The molecule has 0 amide bonds. The van der Waals surface area contributed by atoms with E-state index < -0.39 is 0 Å². The van der Waals surface area contributed by atoms with Crippen molar-refractivity contribution < 1.29 is 4.42 Å². The summed E-state index contributed by atoms with van der Waals surface area (Å²) in [6.45, 7) is 4.97. The van der Waals surface area contributed by atoms with Crippen molar-refractivity contribution >= 4 is 11.0 Å². The molecule has 0 N–H and O–H groups in total. The van der Waals surface area contributed by atoms with Gasteiger partial charge < -0.3 is 8.98 Å². The summed E-state index contributed by atoms with van der Waals surface area (Å²) in [5, 5.41) is 9.01. The Morgan fingerprint density at radius 1 is 1.35 bits per heavy atom. The SMILES string of the molecule is CCCn1c(-c2ccoc2C)nc2cc(C#N)ccc21. The minimum Gasteiger partial charge on any atom is -0.469 e. The highest BCUT2D eigenvalue weighted by atomic mass is 16.3. The van der Waals surface area contributed by atoms with Crippen LogP contribution in [0.3, 0.4) is 0 Å². The van der Waals surface area contributed by atoms with E-state index in [-0.39, 0.29) is 0 Å². The number of imidazole rings is 1. The van der Waals surface area contributed by atoms with E-state index in [1.165, 1.54) is 0 Å². The predicted molar refractivity (Wildman–Crippen MR) is 77.2 cm³/mol. The maximum atomic E-state index is 9.01. The van der Waals surface area contributed by atoms with E-state index in [1.807, 2.05) is 31.2 Å². The van der Waals surface area contributed by atoms with E-state index in [0.717, 1.165) is 41.1 Å². The molecular weight excluding hydrogens is 250 g/mol. The van der Waals surface area contributed by atoms with Crippen molar-refractivity contribution in [3.05, 3.63) is 41.9 Å². The van der Waals surface area contributed by atoms with Crippen LogP contribution in [0.25, 0.3) is 22.4 Å². The Balaban J connectivity index is 2.28. The Bertz CT molecular complexity index is 805. The fourth-order valence-corrected chi connectivity index (χ4v) is 2.47. The van der Waals surface area contributed by atoms with E-state index in [2.05, 4.69) is 17.6 Å². The van der Waals surface area contributed by atoms with Crippen LogP contribution in [-0.4, -0.2) is 9.55 Å². The summed E-state index contributed by atoms with van der Waals surface area (Å²) < 4.78 is 7.58. The van der Waals surface area contributed by atoms with Crippen molar-refractivity contribution in [2.24, 2.45) is 0 Å². The second kappa shape index (κ2) is 4.86. The molecule has 4 nitrogen and oxygen atoms in total. The number of nitrogens with zero attached hydrogens (tertiary/aromatic N) is 3. The minimum atomic E-state index is 0.633. The first-order chi connectivity index (χ1) is 9.74. The molecule has 0 aliphatic carbocycles. The fourth-order valence-electron chi connectivity index (χ4n) is 2.47. The molecule has 0 aliphatic heterocycles.